The summed E-state index contributed by atoms with van der Waals surface area (Å²) in [6.45, 7) is 0. The van der Waals surface area contributed by atoms with Crippen LogP contribution < -0.4 is 17.0 Å². The number of nitrogens with one attached hydrogen (secondary N) is 2. The summed E-state index contributed by atoms with van der Waals surface area (Å²) >= 11 is 3.29. The Morgan fingerprint density at radius 1 is 1.25 bits per heavy atom. The number of benzene rings is 1. The molecule has 1 aromatic carbocycles. The smallest absolute Gasteiger partial charge is 0.327 e. The number of carbonyl (C=O) groups excluding carboxylic acids is 1. The second-order valence-electron chi connectivity index (χ2n) is 4.14. The van der Waals surface area contributed by atoms with E-state index in [1.54, 1.807) is 18.2 Å². The summed E-state index contributed by atoms with van der Waals surface area (Å²) in [6, 6.07) is 5.04. The number of amides is 1. The lowest BCUT2D eigenvalue weighted by Gasteiger charge is -2.07. The van der Waals surface area contributed by atoms with Gasteiger partial charge >= 0.3 is 5.69 Å². The molecule has 2 heterocycles. The molecule has 4 N–H and O–H groups in total. The van der Waals surface area contributed by atoms with Gasteiger partial charge in [0.2, 0.25) is 5.91 Å². The largest absolute Gasteiger partial charge is 0.366 e. The van der Waals surface area contributed by atoms with Gasteiger partial charge in [-0.2, -0.15) is 0 Å². The molecule has 0 aliphatic heterocycles. The van der Waals surface area contributed by atoms with E-state index in [-0.39, 0.29) is 16.6 Å². The number of hydrogen-bond acceptors (Lipinski definition) is 4. The van der Waals surface area contributed by atoms with Gasteiger partial charge in [-0.05, 0) is 18.2 Å². The molecule has 0 aliphatic carbocycles. The summed E-state index contributed by atoms with van der Waals surface area (Å²) in [5, 5.41) is 0.416. The van der Waals surface area contributed by atoms with Crippen LogP contribution in [0.5, 0.6) is 0 Å². The molecular formula is C12H7BrN4O3. The summed E-state index contributed by atoms with van der Waals surface area (Å²) in [4.78, 5) is 43.6. The number of rotatable bonds is 1. The van der Waals surface area contributed by atoms with Crippen molar-refractivity contribution in [1.82, 2.24) is 15.0 Å². The molecule has 2 aromatic heterocycles. The Morgan fingerprint density at radius 3 is 2.70 bits per heavy atom. The molecule has 0 spiro atoms. The molecule has 0 fully saturated rings. The predicted octanol–water partition coefficient (Wildman–Crippen LogP) is 0.626. The normalized spacial score (nSPS) is 11.1. The minimum absolute atomic E-state index is 0.0253. The van der Waals surface area contributed by atoms with E-state index in [2.05, 4.69) is 30.9 Å². The molecule has 100 valence electrons. The summed E-state index contributed by atoms with van der Waals surface area (Å²) in [7, 11) is 0. The van der Waals surface area contributed by atoms with Crippen LogP contribution in [0.4, 0.5) is 0 Å². The molecule has 3 rings (SSSR count). The quantitative estimate of drug-likeness (QED) is 0.565. The van der Waals surface area contributed by atoms with Gasteiger partial charge in [0.15, 0.2) is 0 Å². The Hall–Kier alpha value is -2.48. The van der Waals surface area contributed by atoms with Crippen LogP contribution in [0.15, 0.2) is 32.3 Å². The fraction of sp³-hybridized carbons (Fsp3) is 0. The van der Waals surface area contributed by atoms with Gasteiger partial charge < -0.3 is 5.73 Å². The van der Waals surface area contributed by atoms with E-state index >= 15 is 0 Å². The highest BCUT2D eigenvalue weighted by molar-refractivity contribution is 9.10. The van der Waals surface area contributed by atoms with Crippen LogP contribution in [0.3, 0.4) is 0 Å². The Labute approximate surface area is 119 Å². The molecule has 20 heavy (non-hydrogen) atoms. The Kier molecular flexibility index (Phi) is 2.68. The van der Waals surface area contributed by atoms with Crippen LogP contribution in [0.2, 0.25) is 0 Å². The second-order valence-corrected chi connectivity index (χ2v) is 5.06. The fourth-order valence-corrected chi connectivity index (χ4v) is 2.47. The average Bonchev–Trinajstić information content (AvgIpc) is 2.36. The van der Waals surface area contributed by atoms with Gasteiger partial charge in [-0.3, -0.25) is 19.6 Å². The van der Waals surface area contributed by atoms with Crippen molar-refractivity contribution < 1.29 is 4.79 Å². The third kappa shape index (κ3) is 1.81. The monoisotopic (exact) mass is 334 g/mol. The second kappa shape index (κ2) is 4.27. The van der Waals surface area contributed by atoms with Gasteiger partial charge in [0.1, 0.15) is 5.65 Å². The zero-order valence-corrected chi connectivity index (χ0v) is 11.4. The molecule has 0 saturated carbocycles. The minimum Gasteiger partial charge on any atom is -0.366 e. The summed E-state index contributed by atoms with van der Waals surface area (Å²) in [5.74, 6) is -0.766. The molecule has 1 amide bonds. The van der Waals surface area contributed by atoms with Crippen LogP contribution in [0.25, 0.3) is 21.9 Å². The molecule has 3 aromatic rings. The van der Waals surface area contributed by atoms with Gasteiger partial charge in [-0.1, -0.05) is 15.9 Å². The summed E-state index contributed by atoms with van der Waals surface area (Å²) in [6.07, 6.45) is 0. The highest BCUT2D eigenvalue weighted by atomic mass is 79.9. The Bertz CT molecular complexity index is 990. The van der Waals surface area contributed by atoms with Gasteiger partial charge in [0, 0.05) is 9.86 Å². The Balaban J connectivity index is 2.70. The molecule has 0 aliphatic rings. The van der Waals surface area contributed by atoms with Gasteiger partial charge in [0.25, 0.3) is 5.56 Å². The number of aromatic amines is 2. The Morgan fingerprint density at radius 2 is 2.00 bits per heavy atom. The number of H-pyrrole nitrogens is 2. The number of halogens is 1. The van der Waals surface area contributed by atoms with Crippen LogP contribution in [-0.2, 0) is 0 Å². The number of nitrogens with two attached hydrogens (primary N) is 1. The molecular weight excluding hydrogens is 328 g/mol. The van der Waals surface area contributed by atoms with Gasteiger partial charge in [0.05, 0.1) is 16.5 Å². The van der Waals surface area contributed by atoms with Crippen molar-refractivity contribution in [2.75, 3.05) is 0 Å². The van der Waals surface area contributed by atoms with Gasteiger partial charge in [-0.25, -0.2) is 9.78 Å². The van der Waals surface area contributed by atoms with Crippen molar-refractivity contribution in [3.05, 3.63) is 49.1 Å². The highest BCUT2D eigenvalue weighted by Crippen LogP contribution is 2.25. The molecule has 7 nitrogen and oxygen atoms in total. The van der Waals surface area contributed by atoms with Crippen molar-refractivity contribution in [1.29, 1.82) is 0 Å². The van der Waals surface area contributed by atoms with E-state index in [0.717, 1.165) is 4.47 Å². The van der Waals surface area contributed by atoms with Crippen LogP contribution in [-0.4, -0.2) is 20.9 Å². The molecule has 0 atom stereocenters. The summed E-state index contributed by atoms with van der Waals surface area (Å²) < 4.78 is 0.717. The SMILES string of the molecule is NC(=O)c1c2cc(Br)ccc2nc2[nH]c(=O)[nH]c(=O)c12. The number of aromatic nitrogens is 3. The van der Waals surface area contributed by atoms with Crippen LogP contribution in [0.1, 0.15) is 10.4 Å². The van der Waals surface area contributed by atoms with E-state index in [0.29, 0.717) is 10.9 Å². The van der Waals surface area contributed by atoms with Crippen molar-refractivity contribution >= 4 is 43.8 Å². The number of nitrogens with zero attached hydrogens (tertiary/aromatic N) is 1. The van der Waals surface area contributed by atoms with Crippen LogP contribution in [0, 0.1) is 0 Å². The molecule has 8 heteroatoms. The van der Waals surface area contributed by atoms with E-state index in [9.17, 15) is 14.4 Å². The molecule has 0 radical (unpaired) electrons. The number of carbonyl (C=O) groups is 1. The lowest BCUT2D eigenvalue weighted by atomic mass is 10.1. The first kappa shape index (κ1) is 12.5. The third-order valence-corrected chi connectivity index (χ3v) is 3.37. The lowest BCUT2D eigenvalue weighted by Crippen LogP contribution is -2.25. The van der Waals surface area contributed by atoms with E-state index in [1.807, 2.05) is 0 Å². The molecule has 0 saturated heterocycles. The number of fused-ring (bicyclic) bond motifs is 2. The lowest BCUT2D eigenvalue weighted by molar-refractivity contribution is 0.100. The number of pyridine rings is 1. The van der Waals surface area contributed by atoms with E-state index < -0.39 is 17.2 Å². The highest BCUT2D eigenvalue weighted by Gasteiger charge is 2.17. The first-order valence-electron chi connectivity index (χ1n) is 5.53. The molecule has 0 unspecified atom stereocenters. The zero-order chi connectivity index (χ0) is 14.4. The maximum atomic E-state index is 11.9. The standard InChI is InChI=1S/C12H7BrN4O3/c13-4-1-2-6-5(3-4)7(9(14)18)8-10(15-6)16-12(20)17-11(8)19/h1-3H,(H2,14,18)(H2,15,16,17,19,20). The first-order chi connectivity index (χ1) is 9.47. The van der Waals surface area contributed by atoms with Crippen molar-refractivity contribution in [2.45, 2.75) is 0 Å². The third-order valence-electron chi connectivity index (χ3n) is 2.88. The topological polar surface area (TPSA) is 122 Å². The predicted molar refractivity (Wildman–Crippen MR) is 76.7 cm³/mol. The van der Waals surface area contributed by atoms with E-state index in [4.69, 9.17) is 5.73 Å². The zero-order valence-electron chi connectivity index (χ0n) is 9.86. The summed E-state index contributed by atoms with van der Waals surface area (Å²) in [5.41, 5.74) is 4.50. The molecule has 0 bridgehead atoms. The van der Waals surface area contributed by atoms with E-state index in [1.165, 1.54) is 0 Å². The maximum Gasteiger partial charge on any atom is 0.327 e. The van der Waals surface area contributed by atoms with Crippen molar-refractivity contribution in [3.63, 3.8) is 0 Å². The van der Waals surface area contributed by atoms with Crippen LogP contribution >= 0.6 is 15.9 Å². The van der Waals surface area contributed by atoms with Crippen molar-refractivity contribution in [3.8, 4) is 0 Å². The fourth-order valence-electron chi connectivity index (χ4n) is 2.11. The number of hydrogen-bond donors (Lipinski definition) is 3. The average molecular weight is 335 g/mol. The maximum absolute atomic E-state index is 11.9. The van der Waals surface area contributed by atoms with Gasteiger partial charge in [-0.15, -0.1) is 0 Å². The number of primary amides is 1. The van der Waals surface area contributed by atoms with Crippen molar-refractivity contribution in [2.24, 2.45) is 5.73 Å². The first-order valence-corrected chi connectivity index (χ1v) is 6.32. The minimum atomic E-state index is -0.766.